The molecule has 2 aromatic rings. The number of benzene rings is 1. The molecule has 3 heterocycles. The van der Waals surface area contributed by atoms with E-state index < -0.39 is 0 Å². The van der Waals surface area contributed by atoms with Crippen LogP contribution in [-0.4, -0.2) is 65.4 Å². The predicted octanol–water partition coefficient (Wildman–Crippen LogP) is 2.26. The van der Waals surface area contributed by atoms with E-state index in [1.807, 2.05) is 55.0 Å². The van der Waals surface area contributed by atoms with Crippen molar-refractivity contribution in [2.24, 2.45) is 0 Å². The fourth-order valence-corrected chi connectivity index (χ4v) is 4.46. The minimum atomic E-state index is -0.224. The maximum absolute atomic E-state index is 13.1. The highest BCUT2D eigenvalue weighted by molar-refractivity contribution is 5.97. The van der Waals surface area contributed by atoms with Crippen molar-refractivity contribution < 1.29 is 9.59 Å². The fraction of sp³-hybridized carbons (Fsp3) is 0.409. The Balaban J connectivity index is 1.57. The summed E-state index contributed by atoms with van der Waals surface area (Å²) in [6, 6.07) is 9.75. The lowest BCUT2D eigenvalue weighted by atomic mass is 9.92. The van der Waals surface area contributed by atoms with Crippen molar-refractivity contribution in [3.05, 3.63) is 59.4 Å². The second kappa shape index (κ2) is 7.02. The number of nitrogens with zero attached hydrogens (tertiary/aromatic N) is 4. The van der Waals surface area contributed by atoms with Crippen LogP contribution in [-0.2, 0) is 4.79 Å². The molecule has 6 heteroatoms. The molecule has 146 valence electrons. The molecule has 0 unspecified atom stereocenters. The summed E-state index contributed by atoms with van der Waals surface area (Å²) in [5.74, 6) is 0.141. The molecule has 1 aromatic carbocycles. The van der Waals surface area contributed by atoms with Gasteiger partial charge < -0.3 is 9.80 Å². The minimum Gasteiger partial charge on any atom is -0.337 e. The Kier molecular flexibility index (Phi) is 4.67. The molecule has 2 amide bonds. The molecule has 0 saturated carbocycles. The SMILES string of the molecule is Cc1cc(C)cc(C(=O)N2CC[C@@]3(C2)CN(c2cccnc2)C(=O)CN3C)c1. The smallest absolute Gasteiger partial charge is 0.253 e. The van der Waals surface area contributed by atoms with Crippen LogP contribution in [0.4, 0.5) is 5.69 Å². The van der Waals surface area contributed by atoms with Crippen molar-refractivity contribution in [2.45, 2.75) is 25.8 Å². The number of hydrogen-bond donors (Lipinski definition) is 0. The monoisotopic (exact) mass is 378 g/mol. The number of likely N-dealkylation sites (tertiary alicyclic amines) is 1. The average Bonchev–Trinajstić information content (AvgIpc) is 3.09. The zero-order valence-corrected chi connectivity index (χ0v) is 16.7. The quantitative estimate of drug-likeness (QED) is 0.804. The molecule has 1 atom stereocenters. The van der Waals surface area contributed by atoms with Gasteiger partial charge in [0, 0.05) is 31.4 Å². The van der Waals surface area contributed by atoms with E-state index in [0.29, 0.717) is 26.2 Å². The number of pyridine rings is 1. The second-order valence-electron chi connectivity index (χ2n) is 8.12. The molecule has 2 saturated heterocycles. The lowest BCUT2D eigenvalue weighted by molar-refractivity contribution is -0.123. The predicted molar refractivity (Wildman–Crippen MR) is 108 cm³/mol. The van der Waals surface area contributed by atoms with E-state index in [1.165, 1.54) is 0 Å². The summed E-state index contributed by atoms with van der Waals surface area (Å²) in [5, 5.41) is 0. The average molecular weight is 378 g/mol. The Bertz CT molecular complexity index is 894. The van der Waals surface area contributed by atoms with Gasteiger partial charge in [-0.1, -0.05) is 17.2 Å². The van der Waals surface area contributed by atoms with Crippen molar-refractivity contribution in [2.75, 3.05) is 38.1 Å². The standard InChI is InChI=1S/C22H26N4O2/c1-16-9-17(2)11-18(10-16)21(28)25-8-6-22(14-25)15-26(20(27)13-24(22)3)19-5-4-7-23-12-19/h4-5,7,9-12H,6,8,13-15H2,1-3H3/t22-/m1/s1. The van der Waals surface area contributed by atoms with Gasteiger partial charge in [0.15, 0.2) is 0 Å². The van der Waals surface area contributed by atoms with Crippen LogP contribution in [0.1, 0.15) is 27.9 Å². The van der Waals surface area contributed by atoms with Crippen LogP contribution in [0.5, 0.6) is 0 Å². The molecule has 1 spiro atoms. The van der Waals surface area contributed by atoms with E-state index >= 15 is 0 Å². The first-order valence-corrected chi connectivity index (χ1v) is 9.67. The number of hydrogen-bond acceptors (Lipinski definition) is 4. The number of piperazine rings is 1. The van der Waals surface area contributed by atoms with Crippen LogP contribution in [0.25, 0.3) is 0 Å². The number of rotatable bonds is 2. The molecule has 1 aromatic heterocycles. The molecular formula is C22H26N4O2. The van der Waals surface area contributed by atoms with E-state index in [-0.39, 0.29) is 17.4 Å². The third-order valence-electron chi connectivity index (χ3n) is 5.98. The Labute approximate surface area is 165 Å². The molecule has 2 aliphatic heterocycles. The molecule has 0 aliphatic carbocycles. The number of anilines is 1. The Morgan fingerprint density at radius 1 is 1.14 bits per heavy atom. The number of aromatic nitrogens is 1. The van der Waals surface area contributed by atoms with Gasteiger partial charge in [-0.15, -0.1) is 0 Å². The third kappa shape index (κ3) is 3.29. The molecular weight excluding hydrogens is 352 g/mol. The zero-order chi connectivity index (χ0) is 19.9. The van der Waals surface area contributed by atoms with Crippen molar-refractivity contribution in [3.63, 3.8) is 0 Å². The number of amides is 2. The first-order valence-electron chi connectivity index (χ1n) is 9.67. The Morgan fingerprint density at radius 2 is 1.89 bits per heavy atom. The van der Waals surface area contributed by atoms with Gasteiger partial charge in [-0.25, -0.2) is 0 Å². The summed E-state index contributed by atoms with van der Waals surface area (Å²) in [7, 11) is 1.99. The molecule has 0 radical (unpaired) electrons. The molecule has 4 rings (SSSR count). The summed E-state index contributed by atoms with van der Waals surface area (Å²) >= 11 is 0. The Morgan fingerprint density at radius 3 is 2.57 bits per heavy atom. The minimum absolute atomic E-state index is 0.0696. The number of carbonyl (C=O) groups is 2. The van der Waals surface area contributed by atoms with Crippen LogP contribution in [0, 0.1) is 13.8 Å². The van der Waals surface area contributed by atoms with Crippen molar-refractivity contribution in [3.8, 4) is 0 Å². The van der Waals surface area contributed by atoms with Crippen molar-refractivity contribution in [1.29, 1.82) is 0 Å². The lowest BCUT2D eigenvalue weighted by Gasteiger charge is -2.46. The highest BCUT2D eigenvalue weighted by Crippen LogP contribution is 2.34. The van der Waals surface area contributed by atoms with Gasteiger partial charge in [0.2, 0.25) is 5.91 Å². The van der Waals surface area contributed by atoms with E-state index in [4.69, 9.17) is 0 Å². The zero-order valence-electron chi connectivity index (χ0n) is 16.7. The first kappa shape index (κ1) is 18.6. The summed E-state index contributed by atoms with van der Waals surface area (Å²) in [4.78, 5) is 35.8. The number of aryl methyl sites for hydroxylation is 2. The first-order chi connectivity index (χ1) is 13.4. The summed E-state index contributed by atoms with van der Waals surface area (Å²) in [6.45, 7) is 6.28. The van der Waals surface area contributed by atoms with Crippen LogP contribution in [0.15, 0.2) is 42.7 Å². The number of likely N-dealkylation sites (N-methyl/N-ethyl adjacent to an activating group) is 1. The second-order valence-corrected chi connectivity index (χ2v) is 8.12. The molecule has 6 nitrogen and oxygen atoms in total. The van der Waals surface area contributed by atoms with Gasteiger partial charge in [-0.05, 0) is 51.6 Å². The summed E-state index contributed by atoms with van der Waals surface area (Å²) in [5.41, 5.74) is 3.53. The van der Waals surface area contributed by atoms with Gasteiger partial charge in [0.25, 0.3) is 5.91 Å². The van der Waals surface area contributed by atoms with Gasteiger partial charge in [0.05, 0.1) is 24.0 Å². The summed E-state index contributed by atoms with van der Waals surface area (Å²) < 4.78 is 0. The van der Waals surface area contributed by atoms with Gasteiger partial charge in [0.1, 0.15) is 0 Å². The normalized spacial score (nSPS) is 22.9. The van der Waals surface area contributed by atoms with E-state index in [0.717, 1.165) is 28.8 Å². The van der Waals surface area contributed by atoms with E-state index in [9.17, 15) is 9.59 Å². The van der Waals surface area contributed by atoms with E-state index in [2.05, 4.69) is 16.0 Å². The van der Waals surface area contributed by atoms with Gasteiger partial charge in [-0.2, -0.15) is 0 Å². The molecule has 0 bridgehead atoms. The molecule has 2 fully saturated rings. The van der Waals surface area contributed by atoms with Crippen LogP contribution in [0.2, 0.25) is 0 Å². The summed E-state index contributed by atoms with van der Waals surface area (Å²) in [6.07, 6.45) is 4.29. The topological polar surface area (TPSA) is 56.8 Å². The fourth-order valence-electron chi connectivity index (χ4n) is 4.46. The highest BCUT2D eigenvalue weighted by Gasteiger charge is 2.48. The third-order valence-corrected chi connectivity index (χ3v) is 5.98. The van der Waals surface area contributed by atoms with Gasteiger partial charge in [-0.3, -0.25) is 19.5 Å². The molecule has 0 N–H and O–H groups in total. The van der Waals surface area contributed by atoms with E-state index in [1.54, 1.807) is 12.4 Å². The van der Waals surface area contributed by atoms with Crippen LogP contribution in [0.3, 0.4) is 0 Å². The molecule has 28 heavy (non-hydrogen) atoms. The Hall–Kier alpha value is -2.73. The maximum Gasteiger partial charge on any atom is 0.253 e. The van der Waals surface area contributed by atoms with Gasteiger partial charge >= 0.3 is 0 Å². The van der Waals surface area contributed by atoms with Crippen LogP contribution >= 0.6 is 0 Å². The highest BCUT2D eigenvalue weighted by atomic mass is 16.2. The largest absolute Gasteiger partial charge is 0.337 e. The number of carbonyl (C=O) groups excluding carboxylic acids is 2. The lowest BCUT2D eigenvalue weighted by Crippen LogP contribution is -2.64. The van der Waals surface area contributed by atoms with Crippen molar-refractivity contribution >= 4 is 17.5 Å². The maximum atomic E-state index is 13.1. The van der Waals surface area contributed by atoms with Crippen molar-refractivity contribution in [1.82, 2.24) is 14.8 Å². The van der Waals surface area contributed by atoms with Crippen LogP contribution < -0.4 is 4.90 Å². The molecule has 2 aliphatic rings.